The van der Waals surface area contributed by atoms with Gasteiger partial charge in [0, 0.05) is 35.6 Å². The van der Waals surface area contributed by atoms with Crippen LogP contribution < -0.4 is 5.32 Å². The van der Waals surface area contributed by atoms with Crippen LogP contribution >= 0.6 is 11.8 Å². The molecule has 0 aliphatic carbocycles. The predicted molar refractivity (Wildman–Crippen MR) is 91.1 cm³/mol. The van der Waals surface area contributed by atoms with Crippen molar-refractivity contribution in [3.8, 4) is 11.3 Å². The van der Waals surface area contributed by atoms with Crippen LogP contribution in [0.25, 0.3) is 11.3 Å². The van der Waals surface area contributed by atoms with Crippen molar-refractivity contribution in [2.24, 2.45) is 0 Å². The third-order valence-electron chi connectivity index (χ3n) is 3.79. The van der Waals surface area contributed by atoms with E-state index >= 15 is 0 Å². The number of pyridine rings is 2. The predicted octanol–water partition coefficient (Wildman–Crippen LogP) is 3.40. The van der Waals surface area contributed by atoms with Crippen molar-refractivity contribution in [1.29, 1.82) is 0 Å². The first-order valence-electron chi connectivity index (χ1n) is 7.25. The zero-order valence-corrected chi connectivity index (χ0v) is 13.1. The average Bonchev–Trinajstić information content (AvgIpc) is 3.18. The van der Waals surface area contributed by atoms with Crippen molar-refractivity contribution in [2.45, 2.75) is 11.6 Å². The molecule has 0 unspecified atom stereocenters. The van der Waals surface area contributed by atoms with Crippen LogP contribution in [0.4, 0.5) is 5.69 Å². The molecule has 3 aromatic rings. The fourth-order valence-electron chi connectivity index (χ4n) is 2.71. The largest absolute Gasteiger partial charge is 0.333 e. The summed E-state index contributed by atoms with van der Waals surface area (Å²) in [5.74, 6) is 1.61. The summed E-state index contributed by atoms with van der Waals surface area (Å²) in [5, 5.41) is 2.91. The van der Waals surface area contributed by atoms with Crippen LogP contribution in [-0.2, 0) is 11.6 Å². The summed E-state index contributed by atoms with van der Waals surface area (Å²) in [4.78, 5) is 20.8. The topological polar surface area (TPSA) is 59.8 Å². The van der Waals surface area contributed by atoms with Crippen molar-refractivity contribution in [3.05, 3.63) is 66.4 Å². The molecule has 0 saturated carbocycles. The highest BCUT2D eigenvalue weighted by Crippen LogP contribution is 2.35. The number of anilines is 1. The lowest BCUT2D eigenvalue weighted by Gasteiger charge is -2.04. The van der Waals surface area contributed by atoms with Gasteiger partial charge in [-0.25, -0.2) is 0 Å². The number of thioether (sulfide) groups is 1. The number of carbonyl (C=O) groups is 1. The second kappa shape index (κ2) is 5.89. The standard InChI is InChI=1S/C17H14N4OS/c22-17(20-13-4-2-6-19-9-13)14-7-15(12-3-1-5-18-8-12)21-11-23-10-16(14)21/h1-9H,10-11H2,(H,20,22). The number of hydrogen-bond donors (Lipinski definition) is 1. The molecule has 0 fully saturated rings. The normalized spacial score (nSPS) is 12.9. The molecule has 1 N–H and O–H groups in total. The molecule has 4 rings (SSSR count). The molecule has 0 spiro atoms. The number of carbonyl (C=O) groups excluding carboxylic acids is 1. The van der Waals surface area contributed by atoms with E-state index in [4.69, 9.17) is 0 Å². The maximum Gasteiger partial charge on any atom is 0.257 e. The van der Waals surface area contributed by atoms with Crippen LogP contribution in [0.3, 0.4) is 0 Å². The van der Waals surface area contributed by atoms with E-state index in [9.17, 15) is 4.79 Å². The lowest BCUT2D eigenvalue weighted by atomic mass is 10.2. The van der Waals surface area contributed by atoms with Crippen LogP contribution in [0, 0.1) is 0 Å². The Morgan fingerprint density at radius 2 is 2.00 bits per heavy atom. The molecule has 4 heterocycles. The minimum absolute atomic E-state index is 0.0978. The molecule has 114 valence electrons. The maximum absolute atomic E-state index is 12.6. The Balaban J connectivity index is 1.71. The smallest absolute Gasteiger partial charge is 0.257 e. The van der Waals surface area contributed by atoms with Gasteiger partial charge in [-0.3, -0.25) is 14.8 Å². The first-order valence-corrected chi connectivity index (χ1v) is 8.40. The molecule has 0 saturated heterocycles. The molecular formula is C17H14N4OS. The van der Waals surface area contributed by atoms with Gasteiger partial charge in [0.25, 0.3) is 5.91 Å². The van der Waals surface area contributed by atoms with Crippen LogP contribution in [0.5, 0.6) is 0 Å². The van der Waals surface area contributed by atoms with Gasteiger partial charge in [0.2, 0.25) is 0 Å². The van der Waals surface area contributed by atoms with Crippen molar-refractivity contribution >= 4 is 23.4 Å². The summed E-state index contributed by atoms with van der Waals surface area (Å²) in [5.41, 5.74) is 4.55. The molecule has 0 aromatic carbocycles. The van der Waals surface area contributed by atoms with E-state index in [-0.39, 0.29) is 5.91 Å². The first kappa shape index (κ1) is 14.0. The second-order valence-corrected chi connectivity index (χ2v) is 6.19. The Morgan fingerprint density at radius 3 is 2.74 bits per heavy atom. The Bertz CT molecular complexity index is 846. The van der Waals surface area contributed by atoms with Crippen molar-refractivity contribution < 1.29 is 4.79 Å². The van der Waals surface area contributed by atoms with Gasteiger partial charge in [-0.2, -0.15) is 0 Å². The monoisotopic (exact) mass is 322 g/mol. The van der Waals surface area contributed by atoms with Gasteiger partial charge >= 0.3 is 0 Å². The molecule has 3 aromatic heterocycles. The minimum atomic E-state index is -0.0978. The third-order valence-corrected chi connectivity index (χ3v) is 4.71. The number of amides is 1. The number of aromatic nitrogens is 3. The quantitative estimate of drug-likeness (QED) is 0.803. The van der Waals surface area contributed by atoms with Gasteiger partial charge in [0.05, 0.1) is 29.0 Å². The van der Waals surface area contributed by atoms with Gasteiger partial charge < -0.3 is 9.88 Å². The van der Waals surface area contributed by atoms with Gasteiger partial charge in [0.1, 0.15) is 0 Å². The molecule has 1 aliphatic heterocycles. The average molecular weight is 322 g/mol. The Kier molecular flexibility index (Phi) is 3.59. The van der Waals surface area contributed by atoms with Gasteiger partial charge in [-0.15, -0.1) is 11.8 Å². The Morgan fingerprint density at radius 1 is 1.17 bits per heavy atom. The summed E-state index contributed by atoms with van der Waals surface area (Å²) in [7, 11) is 0. The number of hydrogen-bond acceptors (Lipinski definition) is 4. The fraction of sp³-hybridized carbons (Fsp3) is 0.118. The Labute approximate surface area is 137 Å². The number of nitrogens with zero attached hydrogens (tertiary/aromatic N) is 3. The molecule has 6 heteroatoms. The summed E-state index contributed by atoms with van der Waals surface area (Å²) in [6, 6.07) is 9.51. The molecule has 0 radical (unpaired) electrons. The zero-order valence-electron chi connectivity index (χ0n) is 12.3. The van der Waals surface area contributed by atoms with E-state index in [1.54, 1.807) is 36.4 Å². The highest BCUT2D eigenvalue weighted by molar-refractivity contribution is 7.97. The van der Waals surface area contributed by atoms with Gasteiger partial charge in [-0.1, -0.05) is 0 Å². The van der Waals surface area contributed by atoms with E-state index in [0.717, 1.165) is 34.1 Å². The second-order valence-electron chi connectivity index (χ2n) is 5.23. The van der Waals surface area contributed by atoms with Gasteiger partial charge in [-0.05, 0) is 30.3 Å². The van der Waals surface area contributed by atoms with Crippen LogP contribution in [0.1, 0.15) is 16.1 Å². The maximum atomic E-state index is 12.6. The Hall–Kier alpha value is -2.60. The van der Waals surface area contributed by atoms with E-state index in [1.807, 2.05) is 30.5 Å². The molecule has 0 atom stereocenters. The van der Waals surface area contributed by atoms with Crippen molar-refractivity contribution in [1.82, 2.24) is 14.5 Å². The van der Waals surface area contributed by atoms with E-state index in [1.165, 1.54) is 0 Å². The summed E-state index contributed by atoms with van der Waals surface area (Å²) in [6.45, 7) is 0. The third kappa shape index (κ3) is 2.61. The van der Waals surface area contributed by atoms with E-state index < -0.39 is 0 Å². The summed E-state index contributed by atoms with van der Waals surface area (Å²) in [6.07, 6.45) is 6.91. The lowest BCUT2D eigenvalue weighted by Crippen LogP contribution is -2.13. The number of fused-ring (bicyclic) bond motifs is 1. The number of rotatable bonds is 3. The lowest BCUT2D eigenvalue weighted by molar-refractivity contribution is 0.102. The van der Waals surface area contributed by atoms with Crippen LogP contribution in [0.2, 0.25) is 0 Å². The fourth-order valence-corrected chi connectivity index (χ4v) is 3.78. The van der Waals surface area contributed by atoms with Crippen LogP contribution in [0.15, 0.2) is 55.1 Å². The van der Waals surface area contributed by atoms with Crippen molar-refractivity contribution in [2.75, 3.05) is 5.32 Å². The van der Waals surface area contributed by atoms with Crippen molar-refractivity contribution in [3.63, 3.8) is 0 Å². The summed E-state index contributed by atoms with van der Waals surface area (Å²) < 4.78 is 2.19. The van der Waals surface area contributed by atoms with E-state index in [2.05, 4.69) is 19.9 Å². The van der Waals surface area contributed by atoms with Gasteiger partial charge in [0.15, 0.2) is 0 Å². The van der Waals surface area contributed by atoms with E-state index in [0.29, 0.717) is 5.69 Å². The number of nitrogens with one attached hydrogen (secondary N) is 1. The van der Waals surface area contributed by atoms with Crippen LogP contribution in [-0.4, -0.2) is 20.4 Å². The highest BCUT2D eigenvalue weighted by atomic mass is 32.2. The summed E-state index contributed by atoms with van der Waals surface area (Å²) >= 11 is 1.81. The molecule has 1 amide bonds. The highest BCUT2D eigenvalue weighted by Gasteiger charge is 2.24. The molecule has 23 heavy (non-hydrogen) atoms. The molecule has 5 nitrogen and oxygen atoms in total. The molecular weight excluding hydrogens is 308 g/mol. The molecule has 1 aliphatic rings. The molecule has 0 bridgehead atoms. The first-order chi connectivity index (χ1) is 11.3. The SMILES string of the molecule is O=C(Nc1cccnc1)c1cc(-c2cccnc2)n2c1CSC2. The zero-order chi connectivity index (χ0) is 15.6. The minimum Gasteiger partial charge on any atom is -0.333 e.